The lowest BCUT2D eigenvalue weighted by atomic mass is 9.88. The summed E-state index contributed by atoms with van der Waals surface area (Å²) in [6.45, 7) is 9.22. The van der Waals surface area contributed by atoms with E-state index in [1.807, 2.05) is 10.6 Å². The summed E-state index contributed by atoms with van der Waals surface area (Å²) in [5, 5.41) is 14.5. The monoisotopic (exact) mass is 637 g/mol. The number of benzene rings is 1. The minimum absolute atomic E-state index is 0.0322. The molecule has 13 heteroatoms. The Hall–Kier alpha value is -3.73. The van der Waals surface area contributed by atoms with Crippen LogP contribution in [-0.4, -0.2) is 77.0 Å². The maximum atomic E-state index is 13.1. The van der Waals surface area contributed by atoms with Gasteiger partial charge >= 0.3 is 6.18 Å². The standard InChI is InChI=1S/C32H34F3N7O2S/c1-18-20(3-4-28-26(18)7-23(10-36)42(28)16-24-11-37-29(43)17-44-24)12-40-13-21-5-6-41(15-22(21)14-40)30-27-8-25(9-32(33,34)35)45-31(27)39-19(2)38-30/h3-4,7-8,21-22,24H,5-6,9,11-17H2,1-2H3,(H,37,43)/t21?,22?,24-/m0/s1. The molecule has 0 spiro atoms. The van der Waals surface area contributed by atoms with Crippen molar-refractivity contribution in [2.24, 2.45) is 11.8 Å². The number of halogens is 3. The second kappa shape index (κ2) is 11.6. The number of nitrogens with one attached hydrogen (secondary N) is 1. The number of aryl methyl sites for hydroxylation is 2. The highest BCUT2D eigenvalue weighted by atomic mass is 32.1. The lowest BCUT2D eigenvalue weighted by Gasteiger charge is -2.35. The van der Waals surface area contributed by atoms with E-state index >= 15 is 0 Å². The Labute approximate surface area is 262 Å². The highest BCUT2D eigenvalue weighted by Gasteiger charge is 2.38. The molecule has 3 aliphatic heterocycles. The summed E-state index contributed by atoms with van der Waals surface area (Å²) >= 11 is 1.11. The number of alkyl halides is 3. The number of ether oxygens (including phenoxy) is 1. The van der Waals surface area contributed by atoms with E-state index in [0.717, 1.165) is 72.8 Å². The number of hydrogen-bond acceptors (Lipinski definition) is 8. The van der Waals surface area contributed by atoms with Gasteiger partial charge in [-0.3, -0.25) is 9.69 Å². The van der Waals surface area contributed by atoms with Gasteiger partial charge in [-0.25, -0.2) is 9.97 Å². The number of carbonyl (C=O) groups excluding carboxylic acids is 1. The van der Waals surface area contributed by atoms with Crippen LogP contribution < -0.4 is 10.2 Å². The average Bonchev–Trinajstić information content (AvgIpc) is 3.68. The molecule has 0 saturated carbocycles. The molecule has 2 unspecified atom stereocenters. The first-order chi connectivity index (χ1) is 21.5. The van der Waals surface area contributed by atoms with Gasteiger partial charge in [0, 0.05) is 55.0 Å². The van der Waals surface area contributed by atoms with Crippen LogP contribution in [0.5, 0.6) is 0 Å². The third-order valence-electron chi connectivity index (χ3n) is 9.42. The molecular formula is C32H34F3N7O2S. The first kappa shape index (κ1) is 30.0. The number of fused-ring (bicyclic) bond motifs is 3. The number of hydrogen-bond donors (Lipinski definition) is 1. The molecule has 3 atom stereocenters. The molecule has 7 rings (SSSR count). The molecule has 3 aromatic heterocycles. The summed E-state index contributed by atoms with van der Waals surface area (Å²) in [5.41, 5.74) is 3.94. The minimum atomic E-state index is -4.26. The minimum Gasteiger partial charge on any atom is -0.365 e. The van der Waals surface area contributed by atoms with Crippen LogP contribution >= 0.6 is 11.3 Å². The van der Waals surface area contributed by atoms with Crippen molar-refractivity contribution in [3.8, 4) is 6.07 Å². The van der Waals surface area contributed by atoms with Crippen molar-refractivity contribution in [1.82, 2.24) is 24.8 Å². The van der Waals surface area contributed by atoms with Crippen LogP contribution in [0, 0.1) is 37.0 Å². The zero-order valence-electron chi connectivity index (χ0n) is 25.2. The fourth-order valence-electron chi connectivity index (χ4n) is 7.25. The lowest BCUT2D eigenvalue weighted by Crippen LogP contribution is -2.44. The van der Waals surface area contributed by atoms with Gasteiger partial charge < -0.3 is 19.5 Å². The Morgan fingerprint density at radius 2 is 1.96 bits per heavy atom. The number of likely N-dealkylation sites (tertiary alicyclic amines) is 1. The van der Waals surface area contributed by atoms with Gasteiger partial charge in [0.2, 0.25) is 5.91 Å². The molecule has 236 valence electrons. The lowest BCUT2D eigenvalue weighted by molar-refractivity contribution is -0.133. The number of carbonyl (C=O) groups is 1. The number of rotatable bonds is 6. The van der Waals surface area contributed by atoms with Crippen LogP contribution in [0.4, 0.5) is 19.0 Å². The second-order valence-electron chi connectivity index (χ2n) is 12.5. The molecule has 6 heterocycles. The van der Waals surface area contributed by atoms with E-state index in [9.17, 15) is 23.2 Å². The SMILES string of the molecule is Cc1nc(N2CCC3CN(Cc4ccc5c(cc(C#N)n5C[C@@H]5CNC(=O)CO5)c4C)CC3C2)c2cc(CC(F)(F)F)sc2n1. The highest BCUT2D eigenvalue weighted by Crippen LogP contribution is 2.39. The van der Waals surface area contributed by atoms with E-state index in [4.69, 9.17) is 9.72 Å². The van der Waals surface area contributed by atoms with Crippen LogP contribution in [0.1, 0.15) is 33.9 Å². The Morgan fingerprint density at radius 1 is 1.13 bits per heavy atom. The summed E-state index contributed by atoms with van der Waals surface area (Å²) in [6, 6.07) is 10.1. The summed E-state index contributed by atoms with van der Waals surface area (Å²) in [5.74, 6) is 2.18. The van der Waals surface area contributed by atoms with Crippen molar-refractivity contribution < 1.29 is 22.7 Å². The molecule has 0 bridgehead atoms. The van der Waals surface area contributed by atoms with Crippen molar-refractivity contribution in [3.05, 3.63) is 51.8 Å². The average molecular weight is 638 g/mol. The van der Waals surface area contributed by atoms with Crippen molar-refractivity contribution in [2.75, 3.05) is 44.2 Å². The van der Waals surface area contributed by atoms with Gasteiger partial charge in [0.1, 0.15) is 34.8 Å². The summed E-state index contributed by atoms with van der Waals surface area (Å²) < 4.78 is 47.0. The molecule has 4 aromatic rings. The predicted molar refractivity (Wildman–Crippen MR) is 165 cm³/mol. The maximum Gasteiger partial charge on any atom is 0.393 e. The second-order valence-corrected chi connectivity index (χ2v) is 13.7. The van der Waals surface area contributed by atoms with Crippen LogP contribution in [0.15, 0.2) is 24.3 Å². The number of anilines is 1. The number of aromatic nitrogens is 3. The van der Waals surface area contributed by atoms with E-state index < -0.39 is 12.6 Å². The normalized spacial score (nSPS) is 22.6. The number of nitriles is 1. The Morgan fingerprint density at radius 3 is 2.71 bits per heavy atom. The molecular weight excluding hydrogens is 603 g/mol. The van der Waals surface area contributed by atoms with E-state index in [-0.39, 0.29) is 23.5 Å². The largest absolute Gasteiger partial charge is 0.393 e. The predicted octanol–water partition coefficient (Wildman–Crippen LogP) is 4.71. The molecule has 1 N–H and O–H groups in total. The van der Waals surface area contributed by atoms with E-state index in [2.05, 4.69) is 45.2 Å². The zero-order valence-corrected chi connectivity index (χ0v) is 26.0. The number of morpholine rings is 1. The number of nitrogens with zero attached hydrogens (tertiary/aromatic N) is 6. The molecule has 3 fully saturated rings. The van der Waals surface area contributed by atoms with Gasteiger partial charge in [-0.2, -0.15) is 18.4 Å². The van der Waals surface area contributed by atoms with Gasteiger partial charge in [0.15, 0.2) is 0 Å². The quantitative estimate of drug-likeness (QED) is 0.327. The first-order valence-electron chi connectivity index (χ1n) is 15.3. The molecule has 1 aromatic carbocycles. The fourth-order valence-corrected chi connectivity index (χ4v) is 8.35. The maximum absolute atomic E-state index is 13.1. The molecule has 3 saturated heterocycles. The Bertz CT molecular complexity index is 1820. The van der Waals surface area contributed by atoms with E-state index in [0.29, 0.717) is 46.7 Å². The topological polar surface area (TPSA) is 99.3 Å². The smallest absolute Gasteiger partial charge is 0.365 e. The third-order valence-corrected chi connectivity index (χ3v) is 10.5. The molecule has 0 aliphatic carbocycles. The van der Waals surface area contributed by atoms with Crippen molar-refractivity contribution in [1.29, 1.82) is 5.26 Å². The Balaban J connectivity index is 1.06. The molecule has 3 aliphatic rings. The third kappa shape index (κ3) is 5.98. The number of amides is 1. The van der Waals surface area contributed by atoms with Crippen molar-refractivity contribution in [2.45, 2.75) is 52.1 Å². The van der Waals surface area contributed by atoms with E-state index in [1.54, 1.807) is 13.0 Å². The number of thiophene rings is 1. The molecule has 1 amide bonds. The highest BCUT2D eigenvalue weighted by molar-refractivity contribution is 7.18. The molecule has 9 nitrogen and oxygen atoms in total. The van der Waals surface area contributed by atoms with Gasteiger partial charge in [-0.05, 0) is 61.4 Å². The van der Waals surface area contributed by atoms with Gasteiger partial charge in [0.25, 0.3) is 0 Å². The van der Waals surface area contributed by atoms with Gasteiger partial charge in [0.05, 0.1) is 24.5 Å². The zero-order chi connectivity index (χ0) is 31.5. The van der Waals surface area contributed by atoms with Gasteiger partial charge in [-0.15, -0.1) is 11.3 Å². The Kier molecular flexibility index (Phi) is 7.70. The summed E-state index contributed by atoms with van der Waals surface area (Å²) in [4.78, 5) is 26.3. The fraction of sp³-hybridized carbons (Fsp3) is 0.500. The summed E-state index contributed by atoms with van der Waals surface area (Å²) in [6.07, 6.45) is -4.40. The summed E-state index contributed by atoms with van der Waals surface area (Å²) in [7, 11) is 0. The van der Waals surface area contributed by atoms with E-state index in [1.165, 1.54) is 5.56 Å². The van der Waals surface area contributed by atoms with Gasteiger partial charge in [-0.1, -0.05) is 6.07 Å². The van der Waals surface area contributed by atoms with Crippen molar-refractivity contribution in [3.63, 3.8) is 0 Å². The molecule has 45 heavy (non-hydrogen) atoms. The molecule has 0 radical (unpaired) electrons. The van der Waals surface area contributed by atoms with Crippen LogP contribution in [0.25, 0.3) is 21.1 Å². The van der Waals surface area contributed by atoms with Crippen molar-refractivity contribution >= 4 is 44.2 Å². The first-order valence-corrected chi connectivity index (χ1v) is 16.1. The van der Waals surface area contributed by atoms with Crippen LogP contribution in [0.2, 0.25) is 0 Å². The van der Waals surface area contributed by atoms with Crippen LogP contribution in [0.3, 0.4) is 0 Å². The van der Waals surface area contributed by atoms with Crippen LogP contribution in [-0.2, 0) is 29.0 Å². The number of piperidine rings is 1.